The van der Waals surface area contributed by atoms with Crippen LogP contribution in [0, 0.1) is 17.1 Å². The molecule has 0 aliphatic rings. The van der Waals surface area contributed by atoms with E-state index in [0.717, 1.165) is 0 Å². The van der Waals surface area contributed by atoms with Gasteiger partial charge < -0.3 is 0 Å². The van der Waals surface area contributed by atoms with E-state index in [1.54, 1.807) is 42.6 Å². The standard InChI is InChI=1S/C14H9FN2/c15-13-6-2-1-5-11(13)9-12(10-16)14-7-3-4-8-17-14/h1-9H. The van der Waals surface area contributed by atoms with E-state index in [2.05, 4.69) is 4.98 Å². The molecule has 0 N–H and O–H groups in total. The van der Waals surface area contributed by atoms with Crippen molar-refractivity contribution < 1.29 is 4.39 Å². The Labute approximate surface area is 98.7 Å². The number of benzene rings is 1. The lowest BCUT2D eigenvalue weighted by Crippen LogP contribution is -1.87. The van der Waals surface area contributed by atoms with Crippen LogP contribution in [-0.2, 0) is 0 Å². The Hall–Kier alpha value is -2.47. The molecule has 0 spiro atoms. The second-order valence-corrected chi connectivity index (χ2v) is 3.41. The summed E-state index contributed by atoms with van der Waals surface area (Å²) in [6.07, 6.45) is 3.10. The molecule has 1 aromatic heterocycles. The Morgan fingerprint density at radius 3 is 2.59 bits per heavy atom. The van der Waals surface area contributed by atoms with Crippen LogP contribution in [0.1, 0.15) is 11.3 Å². The molecule has 0 saturated carbocycles. The molecule has 0 saturated heterocycles. The van der Waals surface area contributed by atoms with Gasteiger partial charge in [-0.2, -0.15) is 5.26 Å². The van der Waals surface area contributed by atoms with Crippen molar-refractivity contribution in [2.45, 2.75) is 0 Å². The third kappa shape index (κ3) is 2.56. The molecule has 0 atom stereocenters. The molecule has 0 aliphatic heterocycles. The molecule has 0 unspecified atom stereocenters. The van der Waals surface area contributed by atoms with E-state index in [1.807, 2.05) is 6.07 Å². The molecule has 2 nitrogen and oxygen atoms in total. The number of hydrogen-bond acceptors (Lipinski definition) is 2. The van der Waals surface area contributed by atoms with Gasteiger partial charge in [0.25, 0.3) is 0 Å². The quantitative estimate of drug-likeness (QED) is 0.734. The summed E-state index contributed by atoms with van der Waals surface area (Å²) < 4.78 is 13.4. The molecular formula is C14H9FN2. The topological polar surface area (TPSA) is 36.7 Å². The molecule has 0 bridgehead atoms. The van der Waals surface area contributed by atoms with E-state index >= 15 is 0 Å². The highest BCUT2D eigenvalue weighted by Gasteiger charge is 2.03. The predicted molar refractivity (Wildman–Crippen MR) is 64.1 cm³/mol. The van der Waals surface area contributed by atoms with Gasteiger partial charge in [-0.05, 0) is 24.3 Å². The van der Waals surface area contributed by atoms with Crippen LogP contribution in [0.5, 0.6) is 0 Å². The van der Waals surface area contributed by atoms with Crippen molar-refractivity contribution in [2.24, 2.45) is 0 Å². The smallest absolute Gasteiger partial charge is 0.130 e. The molecule has 17 heavy (non-hydrogen) atoms. The lowest BCUT2D eigenvalue weighted by atomic mass is 10.1. The monoisotopic (exact) mass is 224 g/mol. The van der Waals surface area contributed by atoms with Crippen molar-refractivity contribution in [3.63, 3.8) is 0 Å². The summed E-state index contributed by atoms with van der Waals surface area (Å²) in [6, 6.07) is 13.6. The molecule has 2 rings (SSSR count). The van der Waals surface area contributed by atoms with E-state index in [0.29, 0.717) is 16.8 Å². The van der Waals surface area contributed by atoms with Gasteiger partial charge in [0.05, 0.1) is 11.3 Å². The summed E-state index contributed by atoms with van der Waals surface area (Å²) in [5, 5.41) is 9.05. The fourth-order valence-electron chi connectivity index (χ4n) is 1.43. The van der Waals surface area contributed by atoms with Crippen LogP contribution in [0.15, 0.2) is 48.7 Å². The lowest BCUT2D eigenvalue weighted by molar-refractivity contribution is 0.625. The number of aromatic nitrogens is 1. The van der Waals surface area contributed by atoms with Crippen LogP contribution >= 0.6 is 0 Å². The maximum absolute atomic E-state index is 13.4. The Balaban J connectivity index is 2.45. The largest absolute Gasteiger partial charge is 0.256 e. The molecule has 1 aromatic carbocycles. The first-order chi connectivity index (χ1) is 8.31. The fraction of sp³-hybridized carbons (Fsp3) is 0. The molecule has 0 fully saturated rings. The zero-order valence-electron chi connectivity index (χ0n) is 8.97. The molecule has 82 valence electrons. The molecule has 1 heterocycles. The maximum atomic E-state index is 13.4. The molecule has 3 heteroatoms. The van der Waals surface area contributed by atoms with Gasteiger partial charge in [0.15, 0.2) is 0 Å². The van der Waals surface area contributed by atoms with Crippen LogP contribution in [0.4, 0.5) is 4.39 Å². The Kier molecular flexibility index (Phi) is 3.27. The summed E-state index contributed by atoms with van der Waals surface area (Å²) in [5.74, 6) is -0.351. The third-order valence-electron chi connectivity index (χ3n) is 2.27. The van der Waals surface area contributed by atoms with E-state index in [4.69, 9.17) is 5.26 Å². The zero-order valence-corrected chi connectivity index (χ0v) is 8.97. The van der Waals surface area contributed by atoms with Crippen molar-refractivity contribution in [1.82, 2.24) is 4.98 Å². The SMILES string of the molecule is N#CC(=Cc1ccccc1F)c1ccccn1. The number of hydrogen-bond donors (Lipinski definition) is 0. The van der Waals surface area contributed by atoms with Gasteiger partial charge in [0.1, 0.15) is 11.9 Å². The van der Waals surface area contributed by atoms with Crippen LogP contribution in [0.2, 0.25) is 0 Å². The Morgan fingerprint density at radius 2 is 1.94 bits per heavy atom. The number of nitriles is 1. The molecule has 0 radical (unpaired) electrons. The van der Waals surface area contributed by atoms with Crippen LogP contribution in [0.3, 0.4) is 0 Å². The first kappa shape index (κ1) is 11.0. The average molecular weight is 224 g/mol. The highest BCUT2D eigenvalue weighted by atomic mass is 19.1. The minimum absolute atomic E-state index is 0.343. The van der Waals surface area contributed by atoms with Crippen molar-refractivity contribution in [2.75, 3.05) is 0 Å². The molecule has 2 aromatic rings. The molecule has 0 amide bonds. The number of nitrogens with zero attached hydrogens (tertiary/aromatic N) is 2. The first-order valence-electron chi connectivity index (χ1n) is 5.09. The third-order valence-corrected chi connectivity index (χ3v) is 2.27. The maximum Gasteiger partial charge on any atom is 0.130 e. The Morgan fingerprint density at radius 1 is 1.18 bits per heavy atom. The van der Waals surface area contributed by atoms with E-state index in [-0.39, 0.29) is 5.82 Å². The summed E-state index contributed by atoms with van der Waals surface area (Å²) in [5.41, 5.74) is 1.27. The van der Waals surface area contributed by atoms with Crippen molar-refractivity contribution in [3.8, 4) is 6.07 Å². The van der Waals surface area contributed by atoms with Gasteiger partial charge >= 0.3 is 0 Å². The highest BCUT2D eigenvalue weighted by Crippen LogP contribution is 2.17. The van der Waals surface area contributed by atoms with E-state index in [9.17, 15) is 4.39 Å². The minimum Gasteiger partial charge on any atom is -0.256 e. The van der Waals surface area contributed by atoms with Crippen LogP contribution in [0.25, 0.3) is 11.6 Å². The number of pyridine rings is 1. The highest BCUT2D eigenvalue weighted by molar-refractivity contribution is 5.88. The first-order valence-corrected chi connectivity index (χ1v) is 5.09. The fourth-order valence-corrected chi connectivity index (χ4v) is 1.43. The summed E-state index contributed by atoms with van der Waals surface area (Å²) in [4.78, 5) is 4.06. The normalized spacial score (nSPS) is 10.9. The number of halogens is 1. The van der Waals surface area contributed by atoms with E-state index in [1.165, 1.54) is 12.1 Å². The average Bonchev–Trinajstić information content (AvgIpc) is 2.39. The summed E-state index contributed by atoms with van der Waals surface area (Å²) in [7, 11) is 0. The summed E-state index contributed by atoms with van der Waals surface area (Å²) in [6.45, 7) is 0. The van der Waals surface area contributed by atoms with Gasteiger partial charge in [0.2, 0.25) is 0 Å². The van der Waals surface area contributed by atoms with Gasteiger partial charge in [0, 0.05) is 11.8 Å². The van der Waals surface area contributed by atoms with Crippen molar-refractivity contribution in [3.05, 3.63) is 65.7 Å². The van der Waals surface area contributed by atoms with Crippen LogP contribution in [-0.4, -0.2) is 4.98 Å². The zero-order chi connectivity index (χ0) is 12.1. The molecule has 0 aliphatic carbocycles. The second kappa shape index (κ2) is 5.04. The summed E-state index contributed by atoms with van der Waals surface area (Å²) >= 11 is 0. The van der Waals surface area contributed by atoms with Crippen LogP contribution < -0.4 is 0 Å². The minimum atomic E-state index is -0.351. The second-order valence-electron chi connectivity index (χ2n) is 3.41. The molecular weight excluding hydrogens is 215 g/mol. The van der Waals surface area contributed by atoms with Gasteiger partial charge in [-0.15, -0.1) is 0 Å². The van der Waals surface area contributed by atoms with Crippen molar-refractivity contribution in [1.29, 1.82) is 5.26 Å². The van der Waals surface area contributed by atoms with Gasteiger partial charge in [-0.3, -0.25) is 4.98 Å². The van der Waals surface area contributed by atoms with Gasteiger partial charge in [-0.1, -0.05) is 24.3 Å². The van der Waals surface area contributed by atoms with Gasteiger partial charge in [-0.25, -0.2) is 4.39 Å². The number of allylic oxidation sites excluding steroid dienone is 1. The predicted octanol–water partition coefficient (Wildman–Crippen LogP) is 3.28. The van der Waals surface area contributed by atoms with Crippen molar-refractivity contribution >= 4 is 11.6 Å². The van der Waals surface area contributed by atoms with E-state index < -0.39 is 0 Å². The number of rotatable bonds is 2. The Bertz CT molecular complexity index is 583. The lowest BCUT2D eigenvalue weighted by Gasteiger charge is -1.99.